The highest BCUT2D eigenvalue weighted by atomic mass is 16.2. The molecule has 1 aromatic carbocycles. The third-order valence-electron chi connectivity index (χ3n) is 5.72. The Kier molecular flexibility index (Phi) is 5.64. The molecule has 1 aromatic heterocycles. The molecule has 1 saturated heterocycles. The number of rotatable bonds is 4. The Balaban J connectivity index is 1.97. The fraction of sp³-hybridized carbons (Fsp3) is 0.455. The van der Waals surface area contributed by atoms with E-state index in [9.17, 15) is 9.59 Å². The summed E-state index contributed by atoms with van der Waals surface area (Å²) in [6.45, 7) is 7.52. The van der Waals surface area contributed by atoms with Crippen molar-refractivity contribution in [2.24, 2.45) is 5.73 Å². The van der Waals surface area contributed by atoms with Gasteiger partial charge in [-0.15, -0.1) is 0 Å². The summed E-state index contributed by atoms with van der Waals surface area (Å²) < 4.78 is 0. The molecule has 0 bridgehead atoms. The fourth-order valence-electron chi connectivity index (χ4n) is 4.08. The molecule has 1 aliphatic rings. The van der Waals surface area contributed by atoms with Crippen molar-refractivity contribution in [2.75, 3.05) is 25.0 Å². The number of nitrogens with zero attached hydrogens (tertiary/aromatic N) is 2. The van der Waals surface area contributed by atoms with Crippen molar-refractivity contribution in [1.29, 1.82) is 0 Å². The molecule has 3 rings (SSSR count). The summed E-state index contributed by atoms with van der Waals surface area (Å²) in [6, 6.07) is 4.19. The number of aryl methyl sites for hydroxylation is 2. The number of likely N-dealkylation sites (N-methyl/N-ethyl adjacent to an activating group) is 1. The fourth-order valence-corrected chi connectivity index (χ4v) is 4.08. The maximum atomic E-state index is 12.2. The molecule has 1 atom stereocenters. The second kappa shape index (κ2) is 7.97. The molecule has 6 nitrogen and oxygen atoms in total. The van der Waals surface area contributed by atoms with Gasteiger partial charge in [0.1, 0.15) is 0 Å². The van der Waals surface area contributed by atoms with Crippen LogP contribution < -0.4 is 10.6 Å². The van der Waals surface area contributed by atoms with Crippen molar-refractivity contribution in [3.63, 3.8) is 0 Å². The number of carbonyl (C=O) groups excluding carboxylic acids is 2. The Bertz CT molecular complexity index is 980. The number of H-pyrrole nitrogens is 1. The van der Waals surface area contributed by atoms with E-state index in [1.165, 1.54) is 5.56 Å². The first kappa shape index (κ1) is 19.8. The third-order valence-corrected chi connectivity index (χ3v) is 5.72. The van der Waals surface area contributed by atoms with Gasteiger partial charge in [0.05, 0.1) is 11.9 Å². The highest BCUT2D eigenvalue weighted by Crippen LogP contribution is 2.35. The molecule has 28 heavy (non-hydrogen) atoms. The molecule has 1 unspecified atom stereocenters. The van der Waals surface area contributed by atoms with Crippen molar-refractivity contribution in [3.05, 3.63) is 29.0 Å². The van der Waals surface area contributed by atoms with Crippen LogP contribution >= 0.6 is 0 Å². The van der Waals surface area contributed by atoms with E-state index in [1.54, 1.807) is 11.8 Å². The number of piperidine rings is 1. The topological polar surface area (TPSA) is 82.4 Å². The predicted molar refractivity (Wildman–Crippen MR) is 112 cm³/mol. The molecule has 0 saturated carbocycles. The Morgan fingerprint density at radius 2 is 2.11 bits per heavy atom. The molecule has 6 heteroatoms. The Morgan fingerprint density at radius 3 is 2.79 bits per heavy atom. The molecule has 0 spiro atoms. The summed E-state index contributed by atoms with van der Waals surface area (Å²) in [7, 11) is 1.83. The molecular weight excluding hydrogens is 352 g/mol. The molecule has 148 valence electrons. The zero-order chi connectivity index (χ0) is 20.4. The van der Waals surface area contributed by atoms with Gasteiger partial charge in [-0.1, -0.05) is 12.0 Å². The van der Waals surface area contributed by atoms with Crippen LogP contribution in [-0.4, -0.2) is 47.9 Å². The largest absolute Gasteiger partial charge is 0.369 e. The van der Waals surface area contributed by atoms with Gasteiger partial charge in [0.2, 0.25) is 5.91 Å². The number of carbonyl (C=O) groups is 2. The number of primary amides is 1. The van der Waals surface area contributed by atoms with E-state index in [2.05, 4.69) is 34.7 Å². The van der Waals surface area contributed by atoms with Crippen LogP contribution in [-0.2, 0) is 16.0 Å². The number of anilines is 1. The molecule has 0 radical (unpaired) electrons. The van der Waals surface area contributed by atoms with E-state index in [4.69, 9.17) is 5.73 Å². The number of hydrogen-bond donors (Lipinski definition) is 2. The highest BCUT2D eigenvalue weighted by Gasteiger charge is 2.27. The molecule has 1 aliphatic heterocycles. The van der Waals surface area contributed by atoms with Crippen LogP contribution in [0.1, 0.15) is 36.6 Å². The summed E-state index contributed by atoms with van der Waals surface area (Å²) in [5.74, 6) is 4.85. The number of fused-ring (bicyclic) bond motifs is 1. The average molecular weight is 380 g/mol. The van der Waals surface area contributed by atoms with Gasteiger partial charge in [-0.2, -0.15) is 0 Å². The quantitative estimate of drug-likeness (QED) is 0.798. The van der Waals surface area contributed by atoms with Gasteiger partial charge in [0.15, 0.2) is 0 Å². The van der Waals surface area contributed by atoms with Gasteiger partial charge in [0, 0.05) is 42.9 Å². The normalized spacial score (nSPS) is 16.6. The number of nitrogens with two attached hydrogens (primary N) is 1. The summed E-state index contributed by atoms with van der Waals surface area (Å²) in [6.07, 6.45) is 2.19. The molecule has 2 heterocycles. The standard InChI is InChI=1S/C22H28N4O2/c1-5-7-20(28)25(4)17-8-6-11-26(13-17)18-10-9-16(12-19(23)27)22-21(18)14(2)15(3)24-22/h9-10,17,24H,6,8,11-13H2,1-4H3,(H2,23,27). The number of aromatic amines is 1. The Labute approximate surface area is 166 Å². The molecule has 1 fully saturated rings. The molecule has 0 aliphatic carbocycles. The second-order valence-corrected chi connectivity index (χ2v) is 7.55. The van der Waals surface area contributed by atoms with Crippen LogP contribution in [0.4, 0.5) is 5.69 Å². The first-order valence-electron chi connectivity index (χ1n) is 9.67. The van der Waals surface area contributed by atoms with Gasteiger partial charge >= 0.3 is 0 Å². The first-order chi connectivity index (χ1) is 13.3. The summed E-state index contributed by atoms with van der Waals surface area (Å²) in [5, 5.41) is 1.14. The van der Waals surface area contributed by atoms with Crippen molar-refractivity contribution in [3.8, 4) is 11.8 Å². The van der Waals surface area contributed by atoms with Crippen LogP contribution in [0.15, 0.2) is 12.1 Å². The minimum Gasteiger partial charge on any atom is -0.369 e. The molecular formula is C22H28N4O2. The van der Waals surface area contributed by atoms with Crippen molar-refractivity contribution < 1.29 is 9.59 Å². The maximum Gasteiger partial charge on any atom is 0.298 e. The number of amides is 2. The molecule has 2 amide bonds. The minimum atomic E-state index is -0.339. The van der Waals surface area contributed by atoms with Crippen molar-refractivity contribution >= 4 is 28.4 Å². The molecule has 2 aromatic rings. The highest BCUT2D eigenvalue weighted by molar-refractivity contribution is 5.99. The van der Waals surface area contributed by atoms with E-state index in [0.29, 0.717) is 0 Å². The van der Waals surface area contributed by atoms with E-state index >= 15 is 0 Å². The lowest BCUT2D eigenvalue weighted by molar-refractivity contribution is -0.126. The number of benzene rings is 1. The van der Waals surface area contributed by atoms with Gasteiger partial charge in [-0.25, -0.2) is 0 Å². The lowest BCUT2D eigenvalue weighted by Gasteiger charge is -2.38. The number of nitrogens with one attached hydrogen (secondary N) is 1. The predicted octanol–water partition coefficient (Wildman–Crippen LogP) is 2.26. The van der Waals surface area contributed by atoms with Crippen LogP contribution in [0.3, 0.4) is 0 Å². The van der Waals surface area contributed by atoms with E-state index in [1.807, 2.05) is 20.0 Å². The average Bonchev–Trinajstić information content (AvgIpc) is 2.97. The van der Waals surface area contributed by atoms with Gasteiger partial charge in [0.25, 0.3) is 5.91 Å². The van der Waals surface area contributed by atoms with E-state index in [0.717, 1.165) is 53.8 Å². The smallest absolute Gasteiger partial charge is 0.298 e. The maximum absolute atomic E-state index is 12.2. The first-order valence-corrected chi connectivity index (χ1v) is 9.67. The monoisotopic (exact) mass is 380 g/mol. The number of hydrogen-bond acceptors (Lipinski definition) is 3. The van der Waals surface area contributed by atoms with E-state index < -0.39 is 0 Å². The second-order valence-electron chi connectivity index (χ2n) is 7.55. The van der Waals surface area contributed by atoms with Gasteiger partial charge < -0.3 is 20.5 Å². The number of aromatic nitrogens is 1. The minimum absolute atomic E-state index is 0.128. The Morgan fingerprint density at radius 1 is 1.36 bits per heavy atom. The van der Waals surface area contributed by atoms with E-state index in [-0.39, 0.29) is 24.3 Å². The summed E-state index contributed by atoms with van der Waals surface area (Å²) in [5.41, 5.74) is 10.7. The molecule has 3 N–H and O–H groups in total. The van der Waals surface area contributed by atoms with Gasteiger partial charge in [-0.3, -0.25) is 9.59 Å². The van der Waals surface area contributed by atoms with Crippen LogP contribution in [0.25, 0.3) is 10.9 Å². The van der Waals surface area contributed by atoms with Crippen LogP contribution in [0.2, 0.25) is 0 Å². The Hall–Kier alpha value is -2.94. The van der Waals surface area contributed by atoms with Gasteiger partial charge in [-0.05, 0) is 56.7 Å². The lowest BCUT2D eigenvalue weighted by Crippen LogP contribution is -2.48. The van der Waals surface area contributed by atoms with Crippen molar-refractivity contribution in [1.82, 2.24) is 9.88 Å². The zero-order valence-corrected chi connectivity index (χ0v) is 17.1. The van der Waals surface area contributed by atoms with Crippen LogP contribution in [0.5, 0.6) is 0 Å². The van der Waals surface area contributed by atoms with Crippen LogP contribution in [0, 0.1) is 25.7 Å². The van der Waals surface area contributed by atoms with Crippen molar-refractivity contribution in [2.45, 2.75) is 46.1 Å². The summed E-state index contributed by atoms with van der Waals surface area (Å²) >= 11 is 0. The summed E-state index contributed by atoms with van der Waals surface area (Å²) in [4.78, 5) is 31.2. The lowest BCUT2D eigenvalue weighted by atomic mass is 9.99. The zero-order valence-electron chi connectivity index (χ0n) is 17.1. The third kappa shape index (κ3) is 3.70. The SMILES string of the molecule is CC#CC(=O)N(C)C1CCCN(c2ccc(CC(N)=O)c3[nH]c(C)c(C)c23)C1.